The third kappa shape index (κ3) is 3.04. The number of carbonyl (C=O) groups is 1. The van der Waals surface area contributed by atoms with Gasteiger partial charge in [-0.25, -0.2) is 9.18 Å². The Morgan fingerprint density at radius 1 is 1.50 bits per heavy atom. The van der Waals surface area contributed by atoms with E-state index in [1.54, 1.807) is 35.3 Å². The predicted octanol–water partition coefficient (Wildman–Crippen LogP) is 2.17. The highest BCUT2D eigenvalue weighted by molar-refractivity contribution is 5.85. The maximum atomic E-state index is 13.4. The molecule has 1 aromatic heterocycles. The second-order valence-corrected chi connectivity index (χ2v) is 3.73. The van der Waals surface area contributed by atoms with Gasteiger partial charge in [0.25, 0.3) is 0 Å². The fraction of sp³-hybridized carbons (Fsp3) is 0.0769. The van der Waals surface area contributed by atoms with Crippen molar-refractivity contribution in [1.29, 1.82) is 0 Å². The zero-order valence-corrected chi connectivity index (χ0v) is 9.45. The Balaban J connectivity index is 2.23. The molecule has 0 radical (unpaired) electrons. The van der Waals surface area contributed by atoms with Crippen LogP contribution in [-0.4, -0.2) is 20.9 Å². The zero-order valence-electron chi connectivity index (χ0n) is 9.45. The summed E-state index contributed by atoms with van der Waals surface area (Å²) >= 11 is 0. The van der Waals surface area contributed by atoms with Crippen molar-refractivity contribution in [3.05, 3.63) is 59.7 Å². The molecule has 0 saturated carbocycles. The molecular weight excluding hydrogens is 235 g/mol. The number of nitrogens with zero attached hydrogens (tertiary/aromatic N) is 2. The predicted molar refractivity (Wildman–Crippen MR) is 64.4 cm³/mol. The van der Waals surface area contributed by atoms with Gasteiger partial charge in [0.2, 0.25) is 0 Å². The summed E-state index contributed by atoms with van der Waals surface area (Å²) in [6.07, 6.45) is 5.62. The molecule has 2 aromatic rings. The first kappa shape index (κ1) is 12.0. The van der Waals surface area contributed by atoms with E-state index in [1.165, 1.54) is 12.1 Å². The normalized spacial score (nSPS) is 10.9. The largest absolute Gasteiger partial charge is 0.478 e. The number of carboxylic acids is 1. The topological polar surface area (TPSA) is 55.1 Å². The first-order chi connectivity index (χ1) is 8.65. The minimum absolute atomic E-state index is 0.252. The van der Waals surface area contributed by atoms with Crippen molar-refractivity contribution in [3.8, 4) is 0 Å². The fourth-order valence-electron chi connectivity index (χ4n) is 1.56. The second-order valence-electron chi connectivity index (χ2n) is 3.73. The Morgan fingerprint density at radius 3 is 3.00 bits per heavy atom. The summed E-state index contributed by atoms with van der Waals surface area (Å²) in [5.41, 5.74) is 1.10. The number of aliphatic carboxylic acids is 1. The van der Waals surface area contributed by atoms with Crippen LogP contribution in [0.4, 0.5) is 4.39 Å². The lowest BCUT2D eigenvalue weighted by Crippen LogP contribution is -2.00. The first-order valence-corrected chi connectivity index (χ1v) is 5.32. The number of aromatic nitrogens is 2. The third-order valence-electron chi connectivity index (χ3n) is 2.37. The molecule has 1 N–H and O–H groups in total. The van der Waals surface area contributed by atoms with E-state index in [9.17, 15) is 9.18 Å². The van der Waals surface area contributed by atoms with Crippen molar-refractivity contribution in [2.75, 3.05) is 0 Å². The fourth-order valence-corrected chi connectivity index (χ4v) is 1.56. The van der Waals surface area contributed by atoms with Crippen molar-refractivity contribution in [3.63, 3.8) is 0 Å². The van der Waals surface area contributed by atoms with Gasteiger partial charge < -0.3 is 5.11 Å². The van der Waals surface area contributed by atoms with E-state index in [0.717, 1.165) is 11.6 Å². The van der Waals surface area contributed by atoms with E-state index in [-0.39, 0.29) is 5.56 Å². The maximum Gasteiger partial charge on any atom is 0.328 e. The van der Waals surface area contributed by atoms with E-state index < -0.39 is 11.8 Å². The zero-order chi connectivity index (χ0) is 13.0. The highest BCUT2D eigenvalue weighted by Gasteiger charge is 2.02. The van der Waals surface area contributed by atoms with Gasteiger partial charge in [-0.05, 0) is 29.8 Å². The molecule has 1 heterocycles. The summed E-state index contributed by atoms with van der Waals surface area (Å²) in [6, 6.07) is 6.38. The molecule has 0 fully saturated rings. The molecule has 4 nitrogen and oxygen atoms in total. The lowest BCUT2D eigenvalue weighted by atomic mass is 10.1. The van der Waals surface area contributed by atoms with Crippen molar-refractivity contribution >= 4 is 12.0 Å². The second kappa shape index (κ2) is 5.27. The molecule has 0 bridgehead atoms. The van der Waals surface area contributed by atoms with Crippen LogP contribution in [-0.2, 0) is 11.3 Å². The summed E-state index contributed by atoms with van der Waals surface area (Å²) in [5, 5.41) is 12.6. The SMILES string of the molecule is O=C(O)C=Cc1cc(Cn2cccn2)ccc1F. The van der Waals surface area contributed by atoms with Gasteiger partial charge in [-0.3, -0.25) is 4.68 Å². The Labute approximate surface area is 103 Å². The Bertz CT molecular complexity index is 577. The number of halogens is 1. The molecular formula is C13H11FN2O2. The number of hydrogen-bond donors (Lipinski definition) is 1. The average Bonchev–Trinajstić information content (AvgIpc) is 2.82. The number of carboxylic acid groups (broad SMARTS) is 1. The van der Waals surface area contributed by atoms with E-state index in [1.807, 2.05) is 0 Å². The summed E-state index contributed by atoms with van der Waals surface area (Å²) in [4.78, 5) is 10.4. The molecule has 0 saturated heterocycles. The summed E-state index contributed by atoms with van der Waals surface area (Å²) in [5.74, 6) is -1.55. The molecule has 0 unspecified atom stereocenters. The van der Waals surface area contributed by atoms with Gasteiger partial charge in [0.15, 0.2) is 0 Å². The minimum Gasteiger partial charge on any atom is -0.478 e. The first-order valence-electron chi connectivity index (χ1n) is 5.32. The van der Waals surface area contributed by atoms with Gasteiger partial charge in [-0.2, -0.15) is 5.10 Å². The quantitative estimate of drug-likeness (QED) is 0.841. The molecule has 0 aliphatic carbocycles. The van der Waals surface area contributed by atoms with Gasteiger partial charge in [-0.1, -0.05) is 6.07 Å². The molecule has 0 aliphatic heterocycles. The minimum atomic E-state index is -1.10. The monoisotopic (exact) mass is 246 g/mol. The van der Waals surface area contributed by atoms with E-state index in [4.69, 9.17) is 5.11 Å². The molecule has 2 rings (SSSR count). The average molecular weight is 246 g/mol. The molecule has 0 amide bonds. The number of benzene rings is 1. The molecule has 92 valence electrons. The van der Waals surface area contributed by atoms with Gasteiger partial charge in [-0.15, -0.1) is 0 Å². The lowest BCUT2D eigenvalue weighted by molar-refractivity contribution is -0.131. The highest BCUT2D eigenvalue weighted by atomic mass is 19.1. The van der Waals surface area contributed by atoms with Crippen LogP contribution in [0.1, 0.15) is 11.1 Å². The van der Waals surface area contributed by atoms with Crippen LogP contribution in [0.2, 0.25) is 0 Å². The van der Waals surface area contributed by atoms with Crippen molar-refractivity contribution < 1.29 is 14.3 Å². The Hall–Kier alpha value is -2.43. The van der Waals surface area contributed by atoms with Gasteiger partial charge >= 0.3 is 5.97 Å². The molecule has 0 aliphatic rings. The Morgan fingerprint density at radius 2 is 2.33 bits per heavy atom. The number of rotatable bonds is 4. The molecule has 18 heavy (non-hydrogen) atoms. The van der Waals surface area contributed by atoms with Crippen LogP contribution in [0.15, 0.2) is 42.7 Å². The van der Waals surface area contributed by atoms with Crippen LogP contribution in [0, 0.1) is 5.82 Å². The molecule has 0 atom stereocenters. The lowest BCUT2D eigenvalue weighted by Gasteiger charge is -2.04. The standard InChI is InChI=1S/C13H11FN2O2/c14-12-4-2-10(9-16-7-1-6-15-16)8-11(12)3-5-13(17)18/h1-8H,9H2,(H,17,18). The van der Waals surface area contributed by atoms with Crippen molar-refractivity contribution in [1.82, 2.24) is 9.78 Å². The summed E-state index contributed by atoms with van der Waals surface area (Å²) < 4.78 is 15.1. The van der Waals surface area contributed by atoms with Gasteiger partial charge in [0, 0.05) is 24.0 Å². The van der Waals surface area contributed by atoms with Crippen LogP contribution < -0.4 is 0 Å². The molecule has 5 heteroatoms. The van der Waals surface area contributed by atoms with Crippen LogP contribution >= 0.6 is 0 Å². The number of hydrogen-bond acceptors (Lipinski definition) is 2. The molecule has 0 spiro atoms. The summed E-state index contributed by atoms with van der Waals surface area (Å²) in [6.45, 7) is 0.515. The van der Waals surface area contributed by atoms with Gasteiger partial charge in [0.05, 0.1) is 6.54 Å². The third-order valence-corrected chi connectivity index (χ3v) is 2.37. The van der Waals surface area contributed by atoms with Crippen LogP contribution in [0.3, 0.4) is 0 Å². The van der Waals surface area contributed by atoms with Crippen molar-refractivity contribution in [2.45, 2.75) is 6.54 Å². The maximum absolute atomic E-state index is 13.4. The van der Waals surface area contributed by atoms with Crippen LogP contribution in [0.25, 0.3) is 6.08 Å². The van der Waals surface area contributed by atoms with E-state index in [2.05, 4.69) is 5.10 Å². The molecule has 1 aromatic carbocycles. The summed E-state index contributed by atoms with van der Waals surface area (Å²) in [7, 11) is 0. The highest BCUT2D eigenvalue weighted by Crippen LogP contribution is 2.13. The van der Waals surface area contributed by atoms with Crippen LogP contribution in [0.5, 0.6) is 0 Å². The Kier molecular flexibility index (Phi) is 3.52. The van der Waals surface area contributed by atoms with Crippen molar-refractivity contribution in [2.24, 2.45) is 0 Å². The van der Waals surface area contributed by atoms with Gasteiger partial charge in [0.1, 0.15) is 5.82 Å². The van der Waals surface area contributed by atoms with E-state index in [0.29, 0.717) is 6.54 Å². The smallest absolute Gasteiger partial charge is 0.328 e. The van der Waals surface area contributed by atoms with E-state index >= 15 is 0 Å².